The zero-order valence-electron chi connectivity index (χ0n) is 15.5. The first-order valence-electron chi connectivity index (χ1n) is 8.24. The molecule has 2 unspecified atom stereocenters. The van der Waals surface area contributed by atoms with Crippen LogP contribution in [0.1, 0.15) is 40.2 Å². The Morgan fingerprint density at radius 2 is 1.88 bits per heavy atom. The predicted molar refractivity (Wildman–Crippen MR) is 101 cm³/mol. The molecule has 1 aromatic carbocycles. The molecule has 4 nitrogen and oxygen atoms in total. The number of hydrogen-bond donors (Lipinski definition) is 0. The molecule has 1 heterocycles. The second kappa shape index (κ2) is 6.14. The van der Waals surface area contributed by atoms with Crippen molar-refractivity contribution >= 4 is 30.2 Å². The van der Waals surface area contributed by atoms with Crippen molar-refractivity contribution in [1.29, 1.82) is 0 Å². The van der Waals surface area contributed by atoms with Crippen LogP contribution in [0.5, 0.6) is 5.75 Å². The van der Waals surface area contributed by atoms with Crippen LogP contribution in [0.3, 0.4) is 0 Å². The number of fused-ring (bicyclic) bond motifs is 1. The highest BCUT2D eigenvalue weighted by molar-refractivity contribution is 9.09. The first-order valence-corrected chi connectivity index (χ1v) is 11.9. The predicted octanol–water partition coefficient (Wildman–Crippen LogP) is 4.97. The van der Waals surface area contributed by atoms with E-state index < -0.39 is 24.4 Å². The average Bonchev–Trinajstić information content (AvgIpc) is 2.67. The van der Waals surface area contributed by atoms with Gasteiger partial charge in [-0.2, -0.15) is 0 Å². The average molecular weight is 415 g/mol. The van der Waals surface area contributed by atoms with Crippen LogP contribution in [0.2, 0.25) is 18.1 Å². The highest BCUT2D eigenvalue weighted by Gasteiger charge is 2.65. The van der Waals surface area contributed by atoms with Crippen molar-refractivity contribution in [3.8, 4) is 5.75 Å². The minimum atomic E-state index is -2.20. The standard InChI is InChI=1S/C18H27BrO4Si/c1-8-21-15(20)17(5)18(19,23-24(6,7)16(2,3)4)13-11-9-10-12-14(13)22-17/h9-12H,8H2,1-7H3. The molecule has 2 rings (SSSR count). The van der Waals surface area contributed by atoms with E-state index in [1.54, 1.807) is 13.8 Å². The Morgan fingerprint density at radius 3 is 2.42 bits per heavy atom. The second-order valence-corrected chi connectivity index (χ2v) is 13.7. The van der Waals surface area contributed by atoms with Crippen molar-refractivity contribution in [2.75, 3.05) is 6.61 Å². The summed E-state index contributed by atoms with van der Waals surface area (Å²) >= 11 is 3.75. The molecule has 0 aromatic heterocycles. The van der Waals surface area contributed by atoms with E-state index in [0.717, 1.165) is 5.56 Å². The third-order valence-electron chi connectivity index (χ3n) is 5.03. The fraction of sp³-hybridized carbons (Fsp3) is 0.611. The summed E-state index contributed by atoms with van der Waals surface area (Å²) in [7, 11) is -2.20. The van der Waals surface area contributed by atoms with Crippen LogP contribution >= 0.6 is 15.9 Å². The molecule has 0 radical (unpaired) electrons. The normalized spacial score (nSPS) is 26.7. The Morgan fingerprint density at radius 1 is 1.29 bits per heavy atom. The summed E-state index contributed by atoms with van der Waals surface area (Å²) in [5.41, 5.74) is -0.465. The number of carbonyl (C=O) groups is 1. The molecule has 1 aliphatic rings. The van der Waals surface area contributed by atoms with E-state index in [4.69, 9.17) is 13.9 Å². The molecule has 0 saturated heterocycles. The second-order valence-electron chi connectivity index (χ2n) is 7.81. The fourth-order valence-corrected chi connectivity index (χ4v) is 5.56. The van der Waals surface area contributed by atoms with Crippen LogP contribution in [-0.2, 0) is 18.5 Å². The highest BCUT2D eigenvalue weighted by atomic mass is 79.9. The molecule has 0 fully saturated rings. The summed E-state index contributed by atoms with van der Waals surface area (Å²) < 4.78 is 17.0. The van der Waals surface area contributed by atoms with Gasteiger partial charge in [0.25, 0.3) is 0 Å². The molecule has 0 bridgehead atoms. The number of carbonyl (C=O) groups excluding carboxylic acids is 1. The van der Waals surface area contributed by atoms with Gasteiger partial charge < -0.3 is 13.9 Å². The SMILES string of the molecule is CCOC(=O)C1(C)Oc2ccccc2C1(Br)O[Si](C)(C)C(C)(C)C. The van der Waals surface area contributed by atoms with E-state index >= 15 is 0 Å². The van der Waals surface area contributed by atoms with Gasteiger partial charge in [-0.3, -0.25) is 0 Å². The van der Waals surface area contributed by atoms with Gasteiger partial charge in [0.2, 0.25) is 5.60 Å². The van der Waals surface area contributed by atoms with E-state index in [9.17, 15) is 4.79 Å². The lowest BCUT2D eigenvalue weighted by molar-refractivity contribution is -0.168. The molecule has 24 heavy (non-hydrogen) atoms. The Bertz CT molecular complexity index is 640. The summed E-state index contributed by atoms with van der Waals surface area (Å²) in [6, 6.07) is 7.59. The monoisotopic (exact) mass is 414 g/mol. The number of para-hydroxylation sites is 1. The molecule has 0 spiro atoms. The summed E-state index contributed by atoms with van der Waals surface area (Å²) in [5, 5.41) is -0.0130. The van der Waals surface area contributed by atoms with Gasteiger partial charge in [-0.25, -0.2) is 4.79 Å². The quantitative estimate of drug-likeness (QED) is 0.396. The number of hydrogen-bond acceptors (Lipinski definition) is 4. The zero-order valence-corrected chi connectivity index (χ0v) is 18.1. The third-order valence-corrected chi connectivity index (χ3v) is 11.1. The van der Waals surface area contributed by atoms with Crippen LogP contribution < -0.4 is 4.74 Å². The molecular weight excluding hydrogens is 388 g/mol. The summed E-state index contributed by atoms with van der Waals surface area (Å²) in [5.74, 6) is 0.209. The van der Waals surface area contributed by atoms with Crippen LogP contribution in [-0.4, -0.2) is 26.5 Å². The van der Waals surface area contributed by atoms with Gasteiger partial charge in [-0.15, -0.1) is 0 Å². The first-order chi connectivity index (χ1) is 10.9. The van der Waals surface area contributed by atoms with E-state index in [2.05, 4.69) is 49.8 Å². The number of alkyl halides is 1. The third kappa shape index (κ3) is 2.93. The Kier molecular flexibility index (Phi) is 4.99. The highest BCUT2D eigenvalue weighted by Crippen LogP contribution is 2.57. The molecule has 0 saturated carbocycles. The lowest BCUT2D eigenvalue weighted by Gasteiger charge is -2.45. The van der Waals surface area contributed by atoms with Gasteiger partial charge in [0, 0.05) is 5.56 Å². The molecule has 0 N–H and O–H groups in total. The largest absolute Gasteiger partial charge is 0.471 e. The summed E-state index contributed by atoms with van der Waals surface area (Å²) in [4.78, 5) is 12.7. The van der Waals surface area contributed by atoms with E-state index in [1.807, 2.05) is 24.3 Å². The van der Waals surface area contributed by atoms with Gasteiger partial charge in [-0.05, 0) is 54.0 Å². The molecule has 0 aliphatic carbocycles. The Hall–Kier alpha value is -0.853. The van der Waals surface area contributed by atoms with Gasteiger partial charge >= 0.3 is 5.97 Å². The molecule has 134 valence electrons. The maximum Gasteiger partial charge on any atom is 0.354 e. The number of ether oxygens (including phenoxy) is 2. The number of esters is 1. The minimum Gasteiger partial charge on any atom is -0.471 e. The first kappa shape index (κ1) is 19.5. The van der Waals surface area contributed by atoms with E-state index in [-0.39, 0.29) is 11.6 Å². The zero-order chi connectivity index (χ0) is 18.4. The Balaban J connectivity index is 2.57. The van der Waals surface area contributed by atoms with Crippen molar-refractivity contribution in [3.63, 3.8) is 0 Å². The van der Waals surface area contributed by atoms with Crippen molar-refractivity contribution in [1.82, 2.24) is 0 Å². The molecule has 1 aromatic rings. The van der Waals surface area contributed by atoms with Gasteiger partial charge in [0.15, 0.2) is 12.8 Å². The number of halogens is 1. The van der Waals surface area contributed by atoms with Crippen LogP contribution in [0.15, 0.2) is 24.3 Å². The van der Waals surface area contributed by atoms with Crippen molar-refractivity contribution < 1.29 is 18.7 Å². The van der Waals surface area contributed by atoms with Crippen LogP contribution in [0.25, 0.3) is 0 Å². The summed E-state index contributed by atoms with van der Waals surface area (Å²) in [6.45, 7) is 14.6. The van der Waals surface area contributed by atoms with Crippen LogP contribution in [0, 0.1) is 0 Å². The minimum absolute atomic E-state index is 0.0130. The van der Waals surface area contributed by atoms with Gasteiger partial charge in [0.05, 0.1) is 6.61 Å². The van der Waals surface area contributed by atoms with Crippen LogP contribution in [0.4, 0.5) is 0 Å². The van der Waals surface area contributed by atoms with Crippen molar-refractivity contribution in [3.05, 3.63) is 29.8 Å². The van der Waals surface area contributed by atoms with E-state index in [1.165, 1.54) is 0 Å². The maximum atomic E-state index is 12.7. The van der Waals surface area contributed by atoms with Gasteiger partial charge in [-0.1, -0.05) is 39.0 Å². The molecule has 6 heteroatoms. The van der Waals surface area contributed by atoms with Crippen molar-refractivity contribution in [2.45, 2.75) is 62.9 Å². The molecule has 2 atom stereocenters. The fourth-order valence-electron chi connectivity index (χ4n) is 2.46. The summed E-state index contributed by atoms with van der Waals surface area (Å²) in [6.07, 6.45) is 0. The van der Waals surface area contributed by atoms with Gasteiger partial charge in [0.1, 0.15) is 5.75 Å². The number of rotatable bonds is 4. The molecule has 0 amide bonds. The molecule has 1 aliphatic heterocycles. The van der Waals surface area contributed by atoms with E-state index in [0.29, 0.717) is 5.75 Å². The lowest BCUT2D eigenvalue weighted by Crippen LogP contribution is -2.59. The molecular formula is C18H27BrO4Si. The smallest absolute Gasteiger partial charge is 0.354 e. The topological polar surface area (TPSA) is 44.8 Å². The lowest BCUT2D eigenvalue weighted by atomic mass is 9.95. The number of benzene rings is 1. The Labute approximate surface area is 154 Å². The maximum absolute atomic E-state index is 12.7. The van der Waals surface area contributed by atoms with Crippen molar-refractivity contribution in [2.24, 2.45) is 0 Å².